The summed E-state index contributed by atoms with van der Waals surface area (Å²) in [5.41, 5.74) is 7.03. The minimum absolute atomic E-state index is 1.09. The SMILES string of the molecule is C/C=C\C(=C/C)Nc1cc(-c2ccccc2)cc(-c2ccccc2)c1. The highest BCUT2D eigenvalue weighted by molar-refractivity contribution is 5.78. The lowest BCUT2D eigenvalue weighted by Crippen LogP contribution is -1.97. The monoisotopic (exact) mass is 325 g/mol. The molecule has 0 aliphatic rings. The first-order chi connectivity index (χ1) is 12.3. The van der Waals surface area contributed by atoms with Gasteiger partial charge in [0.2, 0.25) is 0 Å². The molecule has 0 aromatic heterocycles. The third kappa shape index (κ3) is 4.27. The van der Waals surface area contributed by atoms with E-state index in [1.54, 1.807) is 0 Å². The molecule has 3 aromatic rings. The maximum Gasteiger partial charge on any atom is 0.0396 e. The number of rotatable bonds is 5. The van der Waals surface area contributed by atoms with Crippen molar-refractivity contribution in [2.45, 2.75) is 13.8 Å². The summed E-state index contributed by atoms with van der Waals surface area (Å²) < 4.78 is 0. The Kier molecular flexibility index (Phi) is 5.48. The van der Waals surface area contributed by atoms with Crippen molar-refractivity contribution in [3.63, 3.8) is 0 Å². The molecule has 0 aliphatic heterocycles. The Balaban J connectivity index is 2.08. The highest BCUT2D eigenvalue weighted by atomic mass is 14.9. The van der Waals surface area contributed by atoms with Gasteiger partial charge in [-0.25, -0.2) is 0 Å². The lowest BCUT2D eigenvalue weighted by molar-refractivity contribution is 1.43. The molecule has 0 radical (unpaired) electrons. The number of anilines is 1. The summed E-state index contributed by atoms with van der Waals surface area (Å²) in [6.07, 6.45) is 6.20. The molecule has 0 saturated heterocycles. The number of hydrogen-bond donors (Lipinski definition) is 1. The minimum atomic E-state index is 1.09. The van der Waals surface area contributed by atoms with Crippen LogP contribution in [0.15, 0.2) is 103 Å². The first-order valence-corrected chi connectivity index (χ1v) is 8.62. The van der Waals surface area contributed by atoms with Gasteiger partial charge in [-0.15, -0.1) is 0 Å². The molecule has 0 bridgehead atoms. The van der Waals surface area contributed by atoms with Crippen molar-refractivity contribution in [2.24, 2.45) is 0 Å². The molecular weight excluding hydrogens is 302 g/mol. The first-order valence-electron chi connectivity index (χ1n) is 8.62. The molecule has 0 unspecified atom stereocenters. The first kappa shape index (κ1) is 16.8. The van der Waals surface area contributed by atoms with Crippen LogP contribution < -0.4 is 5.32 Å². The molecule has 3 rings (SSSR count). The topological polar surface area (TPSA) is 12.0 Å². The molecular formula is C24H23N. The molecule has 25 heavy (non-hydrogen) atoms. The number of benzene rings is 3. The second-order valence-corrected chi connectivity index (χ2v) is 5.90. The van der Waals surface area contributed by atoms with Gasteiger partial charge in [-0.2, -0.15) is 0 Å². The van der Waals surface area contributed by atoms with E-state index in [2.05, 4.69) is 84.2 Å². The predicted molar refractivity (Wildman–Crippen MR) is 110 cm³/mol. The van der Waals surface area contributed by atoms with E-state index in [1.165, 1.54) is 22.3 Å². The average molecular weight is 325 g/mol. The highest BCUT2D eigenvalue weighted by Crippen LogP contribution is 2.31. The molecule has 0 amide bonds. The molecule has 0 spiro atoms. The molecule has 124 valence electrons. The predicted octanol–water partition coefficient (Wildman–Crippen LogP) is 6.91. The zero-order chi connectivity index (χ0) is 17.5. The summed E-state index contributed by atoms with van der Waals surface area (Å²) >= 11 is 0. The van der Waals surface area contributed by atoms with Gasteiger partial charge in [0.25, 0.3) is 0 Å². The molecule has 1 heteroatoms. The van der Waals surface area contributed by atoms with E-state index in [4.69, 9.17) is 0 Å². The van der Waals surface area contributed by atoms with Crippen molar-refractivity contribution < 1.29 is 0 Å². The van der Waals surface area contributed by atoms with Crippen LogP contribution in [0, 0.1) is 0 Å². The fourth-order valence-electron chi connectivity index (χ4n) is 2.85. The van der Waals surface area contributed by atoms with Gasteiger partial charge in [-0.05, 0) is 60.4 Å². The van der Waals surface area contributed by atoms with Crippen molar-refractivity contribution in [2.75, 3.05) is 5.32 Å². The minimum Gasteiger partial charge on any atom is -0.356 e. The maximum absolute atomic E-state index is 3.52. The van der Waals surface area contributed by atoms with E-state index in [-0.39, 0.29) is 0 Å². The highest BCUT2D eigenvalue weighted by Gasteiger charge is 2.06. The number of nitrogens with one attached hydrogen (secondary N) is 1. The maximum atomic E-state index is 3.52. The second kappa shape index (κ2) is 8.16. The van der Waals surface area contributed by atoms with Crippen LogP contribution in [0.3, 0.4) is 0 Å². The second-order valence-electron chi connectivity index (χ2n) is 5.90. The zero-order valence-electron chi connectivity index (χ0n) is 14.7. The van der Waals surface area contributed by atoms with Crippen LogP contribution in [0.4, 0.5) is 5.69 Å². The molecule has 0 atom stereocenters. The van der Waals surface area contributed by atoms with Gasteiger partial charge >= 0.3 is 0 Å². The van der Waals surface area contributed by atoms with Gasteiger partial charge in [0.15, 0.2) is 0 Å². The van der Waals surface area contributed by atoms with E-state index < -0.39 is 0 Å². The Morgan fingerprint density at radius 1 is 0.680 bits per heavy atom. The van der Waals surface area contributed by atoms with Crippen LogP contribution in [-0.2, 0) is 0 Å². The van der Waals surface area contributed by atoms with Crippen molar-refractivity contribution in [1.82, 2.24) is 0 Å². The lowest BCUT2D eigenvalue weighted by atomic mass is 9.98. The van der Waals surface area contributed by atoms with Gasteiger partial charge in [-0.1, -0.05) is 72.8 Å². The Labute approximate surface area is 150 Å². The van der Waals surface area contributed by atoms with Gasteiger partial charge in [0.05, 0.1) is 0 Å². The fraction of sp³-hybridized carbons (Fsp3) is 0.0833. The summed E-state index contributed by atoms with van der Waals surface area (Å²) in [6, 6.07) is 27.7. The van der Waals surface area contributed by atoms with E-state index in [0.29, 0.717) is 0 Å². The molecule has 0 aliphatic carbocycles. The molecule has 3 aromatic carbocycles. The van der Waals surface area contributed by atoms with Crippen LogP contribution in [0.2, 0.25) is 0 Å². The Bertz CT molecular complexity index is 817. The summed E-state index contributed by atoms with van der Waals surface area (Å²) in [5, 5.41) is 3.52. The Morgan fingerprint density at radius 3 is 1.64 bits per heavy atom. The van der Waals surface area contributed by atoms with E-state index in [1.807, 2.05) is 32.1 Å². The van der Waals surface area contributed by atoms with Crippen molar-refractivity contribution in [3.8, 4) is 22.3 Å². The van der Waals surface area contributed by atoms with E-state index in [0.717, 1.165) is 11.4 Å². The Hall–Kier alpha value is -3.06. The summed E-state index contributed by atoms with van der Waals surface area (Å²) in [7, 11) is 0. The third-order valence-electron chi connectivity index (χ3n) is 4.09. The molecule has 0 heterocycles. The van der Waals surface area contributed by atoms with Crippen molar-refractivity contribution >= 4 is 5.69 Å². The van der Waals surface area contributed by atoms with E-state index >= 15 is 0 Å². The third-order valence-corrected chi connectivity index (χ3v) is 4.09. The van der Waals surface area contributed by atoms with Gasteiger partial charge in [0, 0.05) is 11.4 Å². The average Bonchev–Trinajstić information content (AvgIpc) is 2.69. The summed E-state index contributed by atoms with van der Waals surface area (Å²) in [4.78, 5) is 0. The van der Waals surface area contributed by atoms with Crippen molar-refractivity contribution in [1.29, 1.82) is 0 Å². The van der Waals surface area contributed by atoms with Crippen LogP contribution in [0.1, 0.15) is 13.8 Å². The van der Waals surface area contributed by atoms with E-state index in [9.17, 15) is 0 Å². The van der Waals surface area contributed by atoms with Crippen LogP contribution >= 0.6 is 0 Å². The van der Waals surface area contributed by atoms with Crippen LogP contribution in [-0.4, -0.2) is 0 Å². The standard InChI is InChI=1S/C24H23N/c1-3-11-23(4-2)25-24-17-21(19-12-7-5-8-13-19)16-22(18-24)20-14-9-6-10-15-20/h3-18,25H,1-2H3/b11-3-,23-4+. The molecule has 1 nitrogen and oxygen atoms in total. The quantitative estimate of drug-likeness (QED) is 0.502. The van der Waals surface area contributed by atoms with Crippen LogP contribution in [0.5, 0.6) is 0 Å². The number of hydrogen-bond acceptors (Lipinski definition) is 1. The summed E-state index contributed by atoms with van der Waals surface area (Å²) in [5.74, 6) is 0. The van der Waals surface area contributed by atoms with Gasteiger partial charge in [-0.3, -0.25) is 0 Å². The largest absolute Gasteiger partial charge is 0.356 e. The lowest BCUT2D eigenvalue weighted by Gasteiger charge is -2.13. The van der Waals surface area contributed by atoms with Crippen LogP contribution in [0.25, 0.3) is 22.3 Å². The van der Waals surface area contributed by atoms with Crippen molar-refractivity contribution in [3.05, 3.63) is 103 Å². The summed E-state index contributed by atoms with van der Waals surface area (Å²) in [6.45, 7) is 4.07. The number of allylic oxidation sites excluding steroid dienone is 3. The van der Waals surface area contributed by atoms with Gasteiger partial charge in [0.1, 0.15) is 0 Å². The Morgan fingerprint density at radius 2 is 1.20 bits per heavy atom. The smallest absolute Gasteiger partial charge is 0.0396 e. The normalized spacial score (nSPS) is 11.7. The zero-order valence-corrected chi connectivity index (χ0v) is 14.7. The molecule has 1 N–H and O–H groups in total. The fourth-order valence-corrected chi connectivity index (χ4v) is 2.85. The molecule has 0 saturated carbocycles. The molecule has 0 fully saturated rings. The van der Waals surface area contributed by atoms with Gasteiger partial charge < -0.3 is 5.32 Å².